The van der Waals surface area contributed by atoms with Crippen molar-refractivity contribution in [3.63, 3.8) is 0 Å². The van der Waals surface area contributed by atoms with E-state index in [-0.39, 0.29) is 18.6 Å². The number of esters is 1. The maximum absolute atomic E-state index is 11.1. The molecule has 1 atom stereocenters. The molecule has 0 aliphatic heterocycles. The summed E-state index contributed by atoms with van der Waals surface area (Å²) in [6.45, 7) is 2.21. The lowest BCUT2D eigenvalue weighted by molar-refractivity contribution is -0.139. The number of hydrogen-bond donors (Lipinski definition) is 1. The van der Waals surface area contributed by atoms with Gasteiger partial charge in [0.2, 0.25) is 0 Å². The summed E-state index contributed by atoms with van der Waals surface area (Å²) in [6, 6.07) is 8.16. The topological polar surface area (TPSA) is 56.1 Å². The molecular weight excluding hydrogens is 242 g/mol. The number of ether oxygens (including phenoxy) is 1. The van der Waals surface area contributed by atoms with Crippen molar-refractivity contribution in [2.45, 2.75) is 13.0 Å². The van der Waals surface area contributed by atoms with E-state index in [0.29, 0.717) is 0 Å². The van der Waals surface area contributed by atoms with Gasteiger partial charge in [0.05, 0.1) is 20.0 Å². The lowest BCUT2D eigenvalue weighted by Crippen LogP contribution is -2.26. The van der Waals surface area contributed by atoms with Crippen LogP contribution in [0.5, 0.6) is 0 Å². The molecule has 5 nitrogen and oxygen atoms in total. The smallest absolute Gasteiger partial charge is 0.319 e. The van der Waals surface area contributed by atoms with Crippen molar-refractivity contribution in [2.75, 3.05) is 13.7 Å². The Morgan fingerprint density at radius 3 is 3.05 bits per heavy atom. The van der Waals surface area contributed by atoms with E-state index in [2.05, 4.69) is 21.1 Å². The number of hydrogen-bond acceptors (Lipinski definition) is 4. The Labute approximate surface area is 112 Å². The highest BCUT2D eigenvalue weighted by Crippen LogP contribution is 2.16. The molecule has 19 heavy (non-hydrogen) atoms. The maximum atomic E-state index is 11.1. The van der Waals surface area contributed by atoms with Crippen LogP contribution in [0.25, 0.3) is 5.69 Å². The zero-order valence-electron chi connectivity index (χ0n) is 11.0. The van der Waals surface area contributed by atoms with Crippen LogP contribution in [0.2, 0.25) is 0 Å². The summed E-state index contributed by atoms with van der Waals surface area (Å²) in [5.41, 5.74) is 2.15. The van der Waals surface area contributed by atoms with Gasteiger partial charge in [-0.25, -0.2) is 4.98 Å². The van der Waals surface area contributed by atoms with Crippen LogP contribution in [0.4, 0.5) is 0 Å². The summed E-state index contributed by atoms with van der Waals surface area (Å²) >= 11 is 0. The van der Waals surface area contributed by atoms with Crippen LogP contribution in [0, 0.1) is 0 Å². The second-order valence-corrected chi connectivity index (χ2v) is 4.24. The van der Waals surface area contributed by atoms with Gasteiger partial charge in [0, 0.05) is 24.1 Å². The molecule has 0 saturated carbocycles. The third-order valence-corrected chi connectivity index (χ3v) is 2.95. The summed E-state index contributed by atoms with van der Waals surface area (Å²) in [7, 11) is 1.38. The van der Waals surface area contributed by atoms with Gasteiger partial charge in [-0.05, 0) is 24.6 Å². The largest absolute Gasteiger partial charge is 0.468 e. The van der Waals surface area contributed by atoms with E-state index in [9.17, 15) is 4.79 Å². The van der Waals surface area contributed by atoms with E-state index in [1.165, 1.54) is 7.11 Å². The van der Waals surface area contributed by atoms with Crippen LogP contribution in [0.3, 0.4) is 0 Å². The third-order valence-electron chi connectivity index (χ3n) is 2.95. The monoisotopic (exact) mass is 259 g/mol. The zero-order valence-corrected chi connectivity index (χ0v) is 11.0. The Balaban J connectivity index is 2.08. The van der Waals surface area contributed by atoms with Crippen LogP contribution in [-0.2, 0) is 9.53 Å². The first-order valence-electron chi connectivity index (χ1n) is 6.09. The fourth-order valence-electron chi connectivity index (χ4n) is 1.79. The minimum absolute atomic E-state index is 0.0718. The Hall–Kier alpha value is -2.14. The number of aromatic nitrogens is 2. The van der Waals surface area contributed by atoms with Crippen molar-refractivity contribution in [3.05, 3.63) is 48.5 Å². The van der Waals surface area contributed by atoms with E-state index in [1.54, 1.807) is 12.5 Å². The number of carbonyl (C=O) groups is 1. The summed E-state index contributed by atoms with van der Waals surface area (Å²) in [4.78, 5) is 15.1. The number of nitrogens with one attached hydrogen (secondary N) is 1. The van der Waals surface area contributed by atoms with Gasteiger partial charge in [0.25, 0.3) is 0 Å². The van der Waals surface area contributed by atoms with Crippen molar-refractivity contribution >= 4 is 5.97 Å². The predicted octanol–water partition coefficient (Wildman–Crippen LogP) is 1.70. The second-order valence-electron chi connectivity index (χ2n) is 4.24. The van der Waals surface area contributed by atoms with Crippen LogP contribution >= 0.6 is 0 Å². The van der Waals surface area contributed by atoms with E-state index < -0.39 is 0 Å². The van der Waals surface area contributed by atoms with E-state index in [4.69, 9.17) is 0 Å². The fraction of sp³-hybridized carbons (Fsp3) is 0.286. The predicted molar refractivity (Wildman–Crippen MR) is 72.0 cm³/mol. The van der Waals surface area contributed by atoms with Crippen LogP contribution in [0.15, 0.2) is 43.0 Å². The van der Waals surface area contributed by atoms with Crippen molar-refractivity contribution in [2.24, 2.45) is 0 Å². The van der Waals surface area contributed by atoms with Gasteiger partial charge in [-0.1, -0.05) is 12.1 Å². The summed E-state index contributed by atoms with van der Waals surface area (Å²) < 4.78 is 6.55. The number of rotatable bonds is 5. The molecule has 0 radical (unpaired) electrons. The summed E-state index contributed by atoms with van der Waals surface area (Å²) in [6.07, 6.45) is 5.39. The molecule has 0 amide bonds. The van der Waals surface area contributed by atoms with Gasteiger partial charge >= 0.3 is 5.97 Å². The molecule has 0 spiro atoms. The number of carbonyl (C=O) groups excluding carboxylic acids is 1. The number of benzene rings is 1. The van der Waals surface area contributed by atoms with Gasteiger partial charge < -0.3 is 14.6 Å². The molecule has 2 rings (SSSR count). The number of imidazole rings is 1. The molecule has 0 saturated heterocycles. The van der Waals surface area contributed by atoms with Gasteiger partial charge in [-0.15, -0.1) is 0 Å². The molecular formula is C14H17N3O2. The molecule has 1 heterocycles. The first-order valence-corrected chi connectivity index (χ1v) is 6.09. The molecule has 1 N–H and O–H groups in total. The maximum Gasteiger partial charge on any atom is 0.319 e. The highest BCUT2D eigenvalue weighted by molar-refractivity contribution is 5.71. The standard InChI is InChI=1S/C14H17N3O2/c1-11(16-9-14(18)19-2)12-4-3-5-13(8-12)17-7-6-15-10-17/h3-8,10-11,16H,9H2,1-2H3/t11-/m0/s1. The Morgan fingerprint density at radius 2 is 2.37 bits per heavy atom. The lowest BCUT2D eigenvalue weighted by Gasteiger charge is -2.14. The average Bonchev–Trinajstić information content (AvgIpc) is 2.98. The minimum Gasteiger partial charge on any atom is -0.468 e. The highest BCUT2D eigenvalue weighted by atomic mass is 16.5. The molecule has 5 heteroatoms. The molecule has 0 unspecified atom stereocenters. The molecule has 0 aliphatic carbocycles. The first kappa shape index (κ1) is 13.3. The SMILES string of the molecule is COC(=O)CN[C@@H](C)c1cccc(-n2ccnc2)c1. The number of nitrogens with zero attached hydrogens (tertiary/aromatic N) is 2. The Kier molecular flexibility index (Phi) is 4.30. The first-order chi connectivity index (χ1) is 9.20. The quantitative estimate of drug-likeness (QED) is 0.830. The normalized spacial score (nSPS) is 12.1. The van der Waals surface area contributed by atoms with E-state index in [1.807, 2.05) is 35.9 Å². The van der Waals surface area contributed by atoms with Crippen LogP contribution in [-0.4, -0.2) is 29.2 Å². The van der Waals surface area contributed by atoms with Crippen molar-refractivity contribution in [1.82, 2.24) is 14.9 Å². The third kappa shape index (κ3) is 3.42. The molecule has 0 aliphatic rings. The van der Waals surface area contributed by atoms with Gasteiger partial charge in [0.15, 0.2) is 0 Å². The summed E-state index contributed by atoms with van der Waals surface area (Å²) in [5.74, 6) is -0.266. The molecule has 0 fully saturated rings. The molecule has 2 aromatic rings. The van der Waals surface area contributed by atoms with Crippen molar-refractivity contribution < 1.29 is 9.53 Å². The number of methoxy groups -OCH3 is 1. The van der Waals surface area contributed by atoms with Crippen LogP contribution in [0.1, 0.15) is 18.5 Å². The van der Waals surface area contributed by atoms with Crippen molar-refractivity contribution in [1.29, 1.82) is 0 Å². The second kappa shape index (κ2) is 6.15. The van der Waals surface area contributed by atoms with Gasteiger partial charge in [-0.3, -0.25) is 4.79 Å². The fourth-order valence-corrected chi connectivity index (χ4v) is 1.79. The Morgan fingerprint density at radius 1 is 1.53 bits per heavy atom. The van der Waals surface area contributed by atoms with Gasteiger partial charge in [-0.2, -0.15) is 0 Å². The molecule has 1 aromatic heterocycles. The minimum atomic E-state index is -0.266. The molecule has 1 aromatic carbocycles. The average molecular weight is 259 g/mol. The highest BCUT2D eigenvalue weighted by Gasteiger charge is 2.08. The van der Waals surface area contributed by atoms with Gasteiger partial charge in [0.1, 0.15) is 0 Å². The van der Waals surface area contributed by atoms with Crippen molar-refractivity contribution in [3.8, 4) is 5.69 Å². The molecule has 0 bridgehead atoms. The lowest BCUT2D eigenvalue weighted by atomic mass is 10.1. The van der Waals surface area contributed by atoms with E-state index in [0.717, 1.165) is 11.3 Å². The summed E-state index contributed by atoms with van der Waals surface area (Å²) in [5, 5.41) is 3.12. The van der Waals surface area contributed by atoms with Crippen LogP contribution < -0.4 is 5.32 Å². The Bertz CT molecular complexity index is 537. The zero-order chi connectivity index (χ0) is 13.7. The van der Waals surface area contributed by atoms with E-state index >= 15 is 0 Å². The molecule has 100 valence electrons.